The van der Waals surface area contributed by atoms with Crippen LogP contribution in [0.3, 0.4) is 0 Å². The Morgan fingerprint density at radius 3 is 0.684 bits per heavy atom. The number of fused-ring (bicyclic) bond motifs is 8. The third-order valence-corrected chi connectivity index (χ3v) is 9.09. The molecule has 0 spiro atoms. The van der Waals surface area contributed by atoms with E-state index in [0.29, 0.717) is 0 Å². The van der Waals surface area contributed by atoms with E-state index in [0.717, 1.165) is 25.7 Å². The molecular formula is C38H26. The summed E-state index contributed by atoms with van der Waals surface area (Å²) < 4.78 is 0. The zero-order chi connectivity index (χ0) is 24.8. The Morgan fingerprint density at radius 1 is 0.237 bits per heavy atom. The fourth-order valence-electron chi connectivity index (χ4n) is 7.10. The van der Waals surface area contributed by atoms with E-state index >= 15 is 0 Å². The Morgan fingerprint density at radius 2 is 0.447 bits per heavy atom. The second kappa shape index (κ2) is 7.55. The van der Waals surface area contributed by atoms with Crippen molar-refractivity contribution in [1.29, 1.82) is 0 Å². The smallest absolute Gasteiger partial charge is 0.00196 e. The highest BCUT2D eigenvalue weighted by molar-refractivity contribution is 6.00. The predicted molar refractivity (Wildman–Crippen MR) is 161 cm³/mol. The lowest BCUT2D eigenvalue weighted by Crippen LogP contribution is -2.08. The Kier molecular flexibility index (Phi) is 4.10. The lowest BCUT2D eigenvalue weighted by Gasteiger charge is -2.23. The zero-order valence-corrected chi connectivity index (χ0v) is 21.2. The number of rotatable bonds is 0. The van der Waals surface area contributed by atoms with E-state index in [1.54, 1.807) is 0 Å². The highest BCUT2D eigenvalue weighted by Crippen LogP contribution is 2.37. The van der Waals surface area contributed by atoms with Gasteiger partial charge in [-0.3, -0.25) is 0 Å². The lowest BCUT2D eigenvalue weighted by molar-refractivity contribution is 1.01. The average molecular weight is 483 g/mol. The van der Waals surface area contributed by atoms with Crippen molar-refractivity contribution in [2.75, 3.05) is 0 Å². The Bertz CT molecular complexity index is 1820. The number of benzene rings is 7. The van der Waals surface area contributed by atoms with Crippen molar-refractivity contribution in [1.82, 2.24) is 0 Å². The molecule has 2 aliphatic carbocycles. The van der Waals surface area contributed by atoms with Gasteiger partial charge in [-0.15, -0.1) is 0 Å². The number of hydrogen-bond donors (Lipinski definition) is 0. The highest BCUT2D eigenvalue weighted by Gasteiger charge is 2.19. The van der Waals surface area contributed by atoms with Gasteiger partial charge in [0.25, 0.3) is 0 Å². The third kappa shape index (κ3) is 3.10. The molecule has 0 fully saturated rings. The van der Waals surface area contributed by atoms with E-state index < -0.39 is 0 Å². The van der Waals surface area contributed by atoms with Gasteiger partial charge in [-0.2, -0.15) is 0 Å². The quantitative estimate of drug-likeness (QED) is 0.189. The molecule has 7 aromatic rings. The first-order valence-corrected chi connectivity index (χ1v) is 13.8. The maximum atomic E-state index is 2.46. The fraction of sp³-hybridized carbons (Fsp3) is 0.105. The molecule has 0 heterocycles. The van der Waals surface area contributed by atoms with Gasteiger partial charge in [0.2, 0.25) is 0 Å². The standard InChI is InChI=1S/C38H26/c1-2-6-24-10-28-14-32-18-36-22-38-20-34-16-30-12-26-8-4-3-7-25(26)11-29(30)15-33(34)19-37(38)21-35(36)17-31(32)13-27(28)9-23(24)5-1/h1-12,17-22H,13-16H2. The molecule has 38 heavy (non-hydrogen) atoms. The Labute approximate surface area is 222 Å². The van der Waals surface area contributed by atoms with Crippen LogP contribution in [0.25, 0.3) is 43.1 Å². The summed E-state index contributed by atoms with van der Waals surface area (Å²) in [6.07, 6.45) is 4.10. The maximum absolute atomic E-state index is 2.46. The van der Waals surface area contributed by atoms with Crippen molar-refractivity contribution in [3.63, 3.8) is 0 Å². The van der Waals surface area contributed by atoms with Gasteiger partial charge in [-0.1, -0.05) is 97.1 Å². The fourth-order valence-corrected chi connectivity index (χ4v) is 7.10. The normalized spacial score (nSPS) is 13.9. The van der Waals surface area contributed by atoms with E-state index in [2.05, 4.69) is 109 Å². The summed E-state index contributed by atoms with van der Waals surface area (Å²) in [6, 6.07) is 41.8. The summed E-state index contributed by atoms with van der Waals surface area (Å²) in [5.41, 5.74) is 11.9. The van der Waals surface area contributed by atoms with Gasteiger partial charge >= 0.3 is 0 Å². The van der Waals surface area contributed by atoms with E-state index in [9.17, 15) is 0 Å². The van der Waals surface area contributed by atoms with Crippen molar-refractivity contribution in [2.45, 2.75) is 25.7 Å². The first-order valence-electron chi connectivity index (χ1n) is 13.8. The lowest BCUT2D eigenvalue weighted by atomic mass is 9.82. The monoisotopic (exact) mass is 482 g/mol. The molecule has 9 rings (SSSR count). The van der Waals surface area contributed by atoms with Crippen molar-refractivity contribution >= 4 is 43.1 Å². The molecule has 0 heteroatoms. The first-order chi connectivity index (χ1) is 18.7. The number of hydrogen-bond acceptors (Lipinski definition) is 0. The molecule has 2 aliphatic rings. The summed E-state index contributed by atoms with van der Waals surface area (Å²) in [6.45, 7) is 0. The van der Waals surface area contributed by atoms with Crippen molar-refractivity contribution in [2.24, 2.45) is 0 Å². The predicted octanol–water partition coefficient (Wildman–Crippen LogP) is 9.29. The molecule has 0 radical (unpaired) electrons. The minimum Gasteiger partial charge on any atom is -0.0616 e. The molecule has 0 aliphatic heterocycles. The minimum atomic E-state index is 1.03. The molecule has 0 atom stereocenters. The molecule has 0 nitrogen and oxygen atoms in total. The SMILES string of the molecule is c1ccc2cc3c(cc2c1)Cc1cc2cc4cc5c(cc4cc2cc1C3)Cc1cc2ccccc2cc1C5. The Balaban J connectivity index is 1.15. The van der Waals surface area contributed by atoms with Gasteiger partial charge < -0.3 is 0 Å². The summed E-state index contributed by atoms with van der Waals surface area (Å²) >= 11 is 0. The van der Waals surface area contributed by atoms with Crippen molar-refractivity contribution in [3.05, 3.63) is 154 Å². The van der Waals surface area contributed by atoms with Crippen molar-refractivity contribution < 1.29 is 0 Å². The summed E-state index contributed by atoms with van der Waals surface area (Å²) in [5.74, 6) is 0. The molecule has 0 saturated heterocycles. The van der Waals surface area contributed by atoms with Gasteiger partial charge in [0, 0.05) is 0 Å². The van der Waals surface area contributed by atoms with E-state index in [1.807, 2.05) is 0 Å². The molecular weight excluding hydrogens is 456 g/mol. The Hall–Kier alpha value is -4.42. The van der Waals surface area contributed by atoms with Crippen LogP contribution in [0, 0.1) is 0 Å². The molecule has 0 saturated carbocycles. The third-order valence-electron chi connectivity index (χ3n) is 9.09. The van der Waals surface area contributed by atoms with Crippen LogP contribution in [0.5, 0.6) is 0 Å². The molecule has 7 aromatic carbocycles. The van der Waals surface area contributed by atoms with E-state index in [-0.39, 0.29) is 0 Å². The van der Waals surface area contributed by atoms with Gasteiger partial charge in [-0.25, -0.2) is 0 Å². The van der Waals surface area contributed by atoms with Gasteiger partial charge in [0.15, 0.2) is 0 Å². The zero-order valence-electron chi connectivity index (χ0n) is 21.2. The minimum absolute atomic E-state index is 1.03. The summed E-state index contributed by atoms with van der Waals surface area (Å²) in [4.78, 5) is 0. The molecule has 0 aromatic heterocycles. The molecule has 178 valence electrons. The summed E-state index contributed by atoms with van der Waals surface area (Å²) in [7, 11) is 0. The largest absolute Gasteiger partial charge is 0.0616 e. The first kappa shape index (κ1) is 20.6. The van der Waals surface area contributed by atoms with Gasteiger partial charge in [-0.05, 0) is 125 Å². The highest BCUT2D eigenvalue weighted by atomic mass is 14.2. The maximum Gasteiger partial charge on any atom is -0.00196 e. The summed E-state index contributed by atoms with van der Waals surface area (Å²) in [5, 5.41) is 10.8. The van der Waals surface area contributed by atoms with Crippen molar-refractivity contribution in [3.8, 4) is 0 Å². The van der Waals surface area contributed by atoms with Crippen LogP contribution >= 0.6 is 0 Å². The van der Waals surface area contributed by atoms with Crippen LogP contribution in [-0.4, -0.2) is 0 Å². The molecule has 0 unspecified atom stereocenters. The van der Waals surface area contributed by atoms with Crippen LogP contribution in [-0.2, 0) is 25.7 Å². The molecule has 0 N–H and O–H groups in total. The van der Waals surface area contributed by atoms with Crippen LogP contribution < -0.4 is 0 Å². The molecule has 0 bridgehead atoms. The average Bonchev–Trinajstić information content (AvgIpc) is 2.93. The van der Waals surface area contributed by atoms with E-state index in [4.69, 9.17) is 0 Å². The second-order valence-corrected chi connectivity index (χ2v) is 11.4. The van der Waals surface area contributed by atoms with Crippen LogP contribution in [0.1, 0.15) is 44.5 Å². The van der Waals surface area contributed by atoms with Crippen LogP contribution in [0.2, 0.25) is 0 Å². The van der Waals surface area contributed by atoms with E-state index in [1.165, 1.54) is 87.6 Å². The van der Waals surface area contributed by atoms with Crippen LogP contribution in [0.4, 0.5) is 0 Å². The van der Waals surface area contributed by atoms with Gasteiger partial charge in [0.1, 0.15) is 0 Å². The molecule has 0 amide bonds. The topological polar surface area (TPSA) is 0 Å². The van der Waals surface area contributed by atoms with Gasteiger partial charge in [0.05, 0.1) is 0 Å². The second-order valence-electron chi connectivity index (χ2n) is 11.4. The van der Waals surface area contributed by atoms with Crippen LogP contribution in [0.15, 0.2) is 109 Å².